The first-order valence-corrected chi connectivity index (χ1v) is 7.30. The molecule has 0 saturated heterocycles. The number of methoxy groups -OCH3 is 3. The van der Waals surface area contributed by atoms with E-state index in [0.29, 0.717) is 0 Å². The lowest BCUT2D eigenvalue weighted by Gasteiger charge is -2.27. The number of nitrogens with zero attached hydrogens (tertiary/aromatic N) is 5. The number of rotatable bonds is 11. The normalized spacial score (nSPS) is 13.5. The van der Waals surface area contributed by atoms with Crippen LogP contribution in [-0.2, 0) is 14.2 Å². The number of nitrogens with one attached hydrogen (secondary N) is 1. The average molecular weight is 346 g/mol. The molecule has 0 amide bonds. The maximum Gasteiger partial charge on any atom is 0.235 e. The second kappa shape index (κ2) is 10.2. The van der Waals surface area contributed by atoms with E-state index in [0.717, 1.165) is 0 Å². The van der Waals surface area contributed by atoms with Gasteiger partial charge in [0.15, 0.2) is 0 Å². The van der Waals surface area contributed by atoms with E-state index >= 15 is 0 Å². The molecule has 138 valence electrons. The van der Waals surface area contributed by atoms with Crippen LogP contribution >= 0.6 is 0 Å². The zero-order chi connectivity index (χ0) is 18.1. The van der Waals surface area contributed by atoms with Crippen LogP contribution in [0.4, 0.5) is 17.8 Å². The summed E-state index contributed by atoms with van der Waals surface area (Å²) in [6, 6.07) is 0. The minimum Gasteiger partial charge on any atom is -0.374 e. The highest BCUT2D eigenvalue weighted by Gasteiger charge is 2.20. The van der Waals surface area contributed by atoms with Gasteiger partial charge in [0, 0.05) is 21.3 Å². The van der Waals surface area contributed by atoms with Gasteiger partial charge in [-0.05, 0) is 13.8 Å². The van der Waals surface area contributed by atoms with Gasteiger partial charge >= 0.3 is 0 Å². The number of hydrogen-bond donors (Lipinski definition) is 3. The van der Waals surface area contributed by atoms with Crippen molar-refractivity contribution in [3.05, 3.63) is 0 Å². The topological polar surface area (TPSA) is 125 Å². The van der Waals surface area contributed by atoms with Crippen LogP contribution in [-0.4, -0.2) is 79.1 Å². The quantitative estimate of drug-likeness (QED) is 0.444. The minimum absolute atomic E-state index is 0.0732. The molecule has 3 N–H and O–H groups in total. The van der Waals surface area contributed by atoms with E-state index in [1.165, 1.54) is 33.2 Å². The van der Waals surface area contributed by atoms with Gasteiger partial charge in [0.2, 0.25) is 17.8 Å². The first-order valence-electron chi connectivity index (χ1n) is 7.30. The zero-order valence-corrected chi connectivity index (χ0v) is 14.6. The summed E-state index contributed by atoms with van der Waals surface area (Å²) in [6.07, 6.45) is -1.76. The molecule has 11 heteroatoms. The van der Waals surface area contributed by atoms with Crippen LogP contribution in [0.3, 0.4) is 0 Å². The summed E-state index contributed by atoms with van der Waals surface area (Å²) < 4.78 is 15.3. The molecule has 0 radical (unpaired) electrons. The van der Waals surface area contributed by atoms with E-state index < -0.39 is 12.5 Å². The van der Waals surface area contributed by atoms with Crippen LogP contribution in [0.15, 0.2) is 0 Å². The maximum absolute atomic E-state index is 9.92. The van der Waals surface area contributed by atoms with Crippen LogP contribution < -0.4 is 15.1 Å². The number of ether oxygens (including phenoxy) is 3. The van der Waals surface area contributed by atoms with Gasteiger partial charge in [-0.15, -0.1) is 0 Å². The van der Waals surface area contributed by atoms with Gasteiger partial charge in [-0.25, -0.2) is 0 Å². The summed E-state index contributed by atoms with van der Waals surface area (Å²) >= 11 is 0. The Bertz CT molecular complexity index is 484. The molecule has 11 nitrogen and oxygen atoms in total. The van der Waals surface area contributed by atoms with Crippen molar-refractivity contribution in [1.82, 2.24) is 15.0 Å². The summed E-state index contributed by atoms with van der Waals surface area (Å²) in [5.41, 5.74) is 0. The van der Waals surface area contributed by atoms with E-state index in [-0.39, 0.29) is 38.0 Å². The predicted octanol–water partition coefficient (Wildman–Crippen LogP) is -0.615. The molecule has 2 atom stereocenters. The van der Waals surface area contributed by atoms with Crippen molar-refractivity contribution < 1.29 is 24.4 Å². The lowest BCUT2D eigenvalue weighted by Crippen LogP contribution is -2.37. The molecule has 1 aromatic heterocycles. The molecule has 0 bridgehead atoms. The number of aliphatic hydroxyl groups excluding tert-OH is 2. The van der Waals surface area contributed by atoms with Gasteiger partial charge in [-0.2, -0.15) is 15.0 Å². The third-order valence-corrected chi connectivity index (χ3v) is 2.78. The minimum atomic E-state index is -0.891. The van der Waals surface area contributed by atoms with Crippen LogP contribution in [0, 0.1) is 0 Å². The molecule has 0 aliphatic carbocycles. The fourth-order valence-electron chi connectivity index (χ4n) is 1.81. The Kier molecular flexibility index (Phi) is 8.57. The van der Waals surface area contributed by atoms with Gasteiger partial charge < -0.3 is 29.7 Å². The number of anilines is 3. The summed E-state index contributed by atoms with van der Waals surface area (Å²) in [5.74, 6) is 0.578. The standard InChI is InChI=1S/C13H26N6O5/c1-9(20)14-11-15-12(18(6-22-3)7-23-4)17-13(16-11)19(8-24-5)10(2)21/h9-10,20-21H,6-8H2,1-5H3,(H,14,15,16,17). The lowest BCUT2D eigenvalue weighted by molar-refractivity contribution is 0.121. The third kappa shape index (κ3) is 6.02. The Morgan fingerprint density at radius 1 is 0.917 bits per heavy atom. The van der Waals surface area contributed by atoms with Crippen LogP contribution in [0.1, 0.15) is 13.8 Å². The molecular formula is C13H26N6O5. The van der Waals surface area contributed by atoms with E-state index in [1.54, 1.807) is 11.8 Å². The molecule has 0 saturated carbocycles. The molecule has 1 rings (SSSR count). The van der Waals surface area contributed by atoms with E-state index in [2.05, 4.69) is 20.3 Å². The fourth-order valence-corrected chi connectivity index (χ4v) is 1.81. The predicted molar refractivity (Wildman–Crippen MR) is 87.4 cm³/mol. The second-order valence-corrected chi connectivity index (χ2v) is 4.97. The maximum atomic E-state index is 9.92. The highest BCUT2D eigenvalue weighted by atomic mass is 16.5. The molecule has 0 spiro atoms. The van der Waals surface area contributed by atoms with Crippen LogP contribution in [0.2, 0.25) is 0 Å². The lowest BCUT2D eigenvalue weighted by atomic mass is 10.5. The summed E-state index contributed by atoms with van der Waals surface area (Å²) in [6.45, 7) is 3.54. The van der Waals surface area contributed by atoms with Crippen LogP contribution in [0.25, 0.3) is 0 Å². The molecule has 1 aromatic rings. The van der Waals surface area contributed by atoms with E-state index in [4.69, 9.17) is 14.2 Å². The first-order chi connectivity index (χ1) is 11.4. The first kappa shape index (κ1) is 20.3. The van der Waals surface area contributed by atoms with Gasteiger partial charge in [0.25, 0.3) is 0 Å². The van der Waals surface area contributed by atoms with Crippen molar-refractivity contribution in [3.8, 4) is 0 Å². The SMILES string of the molecule is COCN(COC)c1nc(NC(C)O)nc(N(COC)C(C)O)n1. The van der Waals surface area contributed by atoms with Crippen molar-refractivity contribution in [2.45, 2.75) is 26.3 Å². The van der Waals surface area contributed by atoms with Gasteiger partial charge in [0.05, 0.1) is 0 Å². The molecular weight excluding hydrogens is 320 g/mol. The van der Waals surface area contributed by atoms with Gasteiger partial charge in [-0.1, -0.05) is 0 Å². The van der Waals surface area contributed by atoms with E-state index in [9.17, 15) is 10.2 Å². The monoisotopic (exact) mass is 346 g/mol. The van der Waals surface area contributed by atoms with E-state index in [1.807, 2.05) is 0 Å². The smallest absolute Gasteiger partial charge is 0.235 e. The summed E-state index contributed by atoms with van der Waals surface area (Å²) in [5, 5.41) is 22.1. The molecule has 2 unspecified atom stereocenters. The third-order valence-electron chi connectivity index (χ3n) is 2.78. The zero-order valence-electron chi connectivity index (χ0n) is 14.6. The summed E-state index contributed by atoms with van der Waals surface area (Å²) in [4.78, 5) is 15.8. The number of hydrogen-bond acceptors (Lipinski definition) is 11. The molecule has 0 fully saturated rings. The Balaban J connectivity index is 3.28. The molecule has 0 aromatic carbocycles. The fraction of sp³-hybridized carbons (Fsp3) is 0.769. The Hall–Kier alpha value is -1.79. The van der Waals surface area contributed by atoms with Gasteiger partial charge in [-0.3, -0.25) is 9.80 Å². The Labute approximate surface area is 141 Å². The molecule has 0 aliphatic rings. The highest BCUT2D eigenvalue weighted by Crippen LogP contribution is 2.18. The summed E-state index contributed by atoms with van der Waals surface area (Å²) in [7, 11) is 4.56. The van der Waals surface area contributed by atoms with Crippen molar-refractivity contribution >= 4 is 17.8 Å². The van der Waals surface area contributed by atoms with Gasteiger partial charge in [0.1, 0.15) is 32.6 Å². The largest absolute Gasteiger partial charge is 0.374 e. The van der Waals surface area contributed by atoms with Crippen molar-refractivity contribution in [2.75, 3.05) is 56.6 Å². The van der Waals surface area contributed by atoms with Crippen molar-refractivity contribution in [1.29, 1.82) is 0 Å². The van der Waals surface area contributed by atoms with Crippen molar-refractivity contribution in [2.24, 2.45) is 0 Å². The molecule has 24 heavy (non-hydrogen) atoms. The average Bonchev–Trinajstić information content (AvgIpc) is 2.51. The van der Waals surface area contributed by atoms with Crippen molar-refractivity contribution in [3.63, 3.8) is 0 Å². The molecule has 1 heterocycles. The Morgan fingerprint density at radius 3 is 1.92 bits per heavy atom. The van der Waals surface area contributed by atoms with Crippen LogP contribution in [0.5, 0.6) is 0 Å². The Morgan fingerprint density at radius 2 is 1.46 bits per heavy atom. The molecule has 0 aliphatic heterocycles. The number of aliphatic hydroxyl groups is 2. The second-order valence-electron chi connectivity index (χ2n) is 4.97. The highest BCUT2D eigenvalue weighted by molar-refractivity contribution is 5.45. The number of aromatic nitrogens is 3.